The van der Waals surface area contributed by atoms with Crippen LogP contribution in [0.15, 0.2) is 53.4 Å². The number of amides is 4. The maximum Gasteiger partial charge on any atom is 0.414 e. The molecule has 1 aliphatic heterocycles. The molecule has 2 aromatic carbocycles. The van der Waals surface area contributed by atoms with E-state index in [1.165, 1.54) is 22.3 Å². The van der Waals surface area contributed by atoms with Crippen LogP contribution in [0.3, 0.4) is 0 Å². The van der Waals surface area contributed by atoms with Crippen LogP contribution in [0.5, 0.6) is 0 Å². The minimum absolute atomic E-state index is 0.0812. The largest absolute Gasteiger partial charge is 0.449 e. The van der Waals surface area contributed by atoms with Crippen molar-refractivity contribution in [1.29, 1.82) is 0 Å². The van der Waals surface area contributed by atoms with Crippen LogP contribution in [0.2, 0.25) is 0 Å². The van der Waals surface area contributed by atoms with Crippen LogP contribution in [0.25, 0.3) is 0 Å². The van der Waals surface area contributed by atoms with E-state index in [0.717, 1.165) is 29.6 Å². The average Bonchev–Trinajstić information content (AvgIpc) is 3.75. The fourth-order valence-electron chi connectivity index (χ4n) is 5.20. The first-order valence-corrected chi connectivity index (χ1v) is 16.8. The van der Waals surface area contributed by atoms with Gasteiger partial charge in [-0.05, 0) is 62.8 Å². The quantitative estimate of drug-likeness (QED) is 0.197. The smallest absolute Gasteiger partial charge is 0.414 e. The lowest BCUT2D eigenvalue weighted by molar-refractivity contribution is -0.122. The molecule has 11 nitrogen and oxygen atoms in total. The Morgan fingerprint density at radius 1 is 1.07 bits per heavy atom. The number of hydrogen-bond acceptors (Lipinski definition) is 8. The highest BCUT2D eigenvalue weighted by molar-refractivity contribution is 7.07. The van der Waals surface area contributed by atoms with Crippen molar-refractivity contribution >= 4 is 54.1 Å². The van der Waals surface area contributed by atoms with Gasteiger partial charge in [-0.3, -0.25) is 19.3 Å². The van der Waals surface area contributed by atoms with E-state index in [1.54, 1.807) is 24.6 Å². The standard InChI is InChI=1S/C33H41BN6O5S/c1-20(23-6-8-26(34)9-7-23)38-31(42)24-12-25(14-29(13-24)40-10-3-11-45-33(40)44)32(43)39-27(15-28-18-46-19-37-28)17-35-21(2)30(41)36-16-22-4-5-22/h6-9,12-14,18-22,27,35H,3-5,10-11,15-17,34H2,1-2H3,(H,36,41)(H,38,42)(H,39,43)/t20-,21+,27+/m1/s1. The van der Waals surface area contributed by atoms with Crippen molar-refractivity contribution in [3.8, 4) is 0 Å². The first-order valence-electron chi connectivity index (χ1n) is 15.8. The van der Waals surface area contributed by atoms with Gasteiger partial charge in [0, 0.05) is 54.3 Å². The molecule has 3 atom stereocenters. The molecule has 46 heavy (non-hydrogen) atoms. The van der Waals surface area contributed by atoms with E-state index >= 15 is 0 Å². The van der Waals surface area contributed by atoms with Crippen LogP contribution in [-0.4, -0.2) is 75.0 Å². The molecular formula is C33H41BN6O5S. The lowest BCUT2D eigenvalue weighted by Gasteiger charge is -2.27. The van der Waals surface area contributed by atoms with Crippen LogP contribution < -0.4 is 31.6 Å². The monoisotopic (exact) mass is 644 g/mol. The molecule has 1 aliphatic carbocycles. The number of cyclic esters (lactones) is 1. The first kappa shape index (κ1) is 33.1. The van der Waals surface area contributed by atoms with Gasteiger partial charge in [0.15, 0.2) is 0 Å². The lowest BCUT2D eigenvalue weighted by atomic mass is 9.94. The number of carbonyl (C=O) groups excluding carboxylic acids is 4. The lowest BCUT2D eigenvalue weighted by Crippen LogP contribution is -2.49. The number of benzene rings is 2. The van der Waals surface area contributed by atoms with Gasteiger partial charge in [0.1, 0.15) is 7.85 Å². The van der Waals surface area contributed by atoms with E-state index in [9.17, 15) is 19.2 Å². The van der Waals surface area contributed by atoms with Crippen molar-refractivity contribution in [3.63, 3.8) is 0 Å². The summed E-state index contributed by atoms with van der Waals surface area (Å²) in [5.74, 6) is -0.294. The van der Waals surface area contributed by atoms with E-state index in [0.29, 0.717) is 50.7 Å². The number of nitrogens with one attached hydrogen (secondary N) is 4. The molecule has 2 aliphatic rings. The molecule has 4 amide bonds. The van der Waals surface area contributed by atoms with Gasteiger partial charge in [0.2, 0.25) is 5.91 Å². The van der Waals surface area contributed by atoms with Crippen molar-refractivity contribution in [2.75, 3.05) is 31.1 Å². The Kier molecular flexibility index (Phi) is 11.1. The number of anilines is 1. The fourth-order valence-corrected chi connectivity index (χ4v) is 5.77. The SMILES string of the molecule is Bc1ccc([C@@H](C)NC(=O)c2cc(C(=O)N[C@H](CN[C@@H](C)C(=O)NCC3CC3)Cc3cscn3)cc(N3CCCOC3=O)c2)cc1. The molecule has 2 fully saturated rings. The highest BCUT2D eigenvalue weighted by Gasteiger charge is 2.26. The van der Waals surface area contributed by atoms with Gasteiger partial charge >= 0.3 is 6.09 Å². The molecule has 1 saturated heterocycles. The van der Waals surface area contributed by atoms with E-state index in [1.807, 2.05) is 44.4 Å². The third-order valence-electron chi connectivity index (χ3n) is 8.25. The van der Waals surface area contributed by atoms with Crippen LogP contribution >= 0.6 is 11.3 Å². The first-order chi connectivity index (χ1) is 22.2. The van der Waals surface area contributed by atoms with Crippen molar-refractivity contribution in [2.45, 2.75) is 57.7 Å². The summed E-state index contributed by atoms with van der Waals surface area (Å²) < 4.78 is 5.25. The Morgan fingerprint density at radius 3 is 2.43 bits per heavy atom. The summed E-state index contributed by atoms with van der Waals surface area (Å²) in [6, 6.07) is 11.5. The van der Waals surface area contributed by atoms with Gasteiger partial charge in [-0.2, -0.15) is 0 Å². The summed E-state index contributed by atoms with van der Waals surface area (Å²) >= 11 is 1.47. The Labute approximate surface area is 274 Å². The molecule has 242 valence electrons. The molecule has 4 N–H and O–H groups in total. The normalized spacial score (nSPS) is 16.6. The summed E-state index contributed by atoms with van der Waals surface area (Å²) in [6.07, 6.45) is 2.85. The Morgan fingerprint density at radius 2 is 1.78 bits per heavy atom. The van der Waals surface area contributed by atoms with Crippen molar-refractivity contribution in [1.82, 2.24) is 26.3 Å². The van der Waals surface area contributed by atoms with E-state index in [4.69, 9.17) is 4.74 Å². The van der Waals surface area contributed by atoms with Gasteiger partial charge in [0.05, 0.1) is 29.9 Å². The Balaban J connectivity index is 1.34. The fraction of sp³-hybridized carbons (Fsp3) is 0.424. The predicted molar refractivity (Wildman–Crippen MR) is 181 cm³/mol. The molecule has 0 bridgehead atoms. The maximum atomic E-state index is 13.8. The van der Waals surface area contributed by atoms with Gasteiger partial charge < -0.3 is 26.0 Å². The van der Waals surface area contributed by atoms with E-state index in [2.05, 4.69) is 26.3 Å². The molecule has 5 rings (SSSR count). The number of rotatable bonds is 14. The number of hydrogen-bond donors (Lipinski definition) is 4. The second-order valence-corrected chi connectivity index (χ2v) is 12.9. The van der Waals surface area contributed by atoms with Gasteiger partial charge in [-0.25, -0.2) is 9.78 Å². The molecule has 0 radical (unpaired) electrons. The Hall–Kier alpha value is -4.23. The second kappa shape index (κ2) is 15.4. The van der Waals surface area contributed by atoms with Crippen molar-refractivity contribution < 1.29 is 23.9 Å². The molecule has 2 heterocycles. The van der Waals surface area contributed by atoms with E-state index in [-0.39, 0.29) is 29.0 Å². The zero-order valence-electron chi connectivity index (χ0n) is 26.5. The van der Waals surface area contributed by atoms with E-state index < -0.39 is 24.1 Å². The summed E-state index contributed by atoms with van der Waals surface area (Å²) in [5.41, 5.74) is 5.49. The number of ether oxygens (including phenoxy) is 1. The van der Waals surface area contributed by atoms with Gasteiger partial charge in [-0.15, -0.1) is 11.3 Å². The zero-order valence-corrected chi connectivity index (χ0v) is 27.3. The number of nitrogens with zero attached hydrogens (tertiary/aromatic N) is 2. The zero-order chi connectivity index (χ0) is 32.6. The van der Waals surface area contributed by atoms with Gasteiger partial charge in [0.25, 0.3) is 11.8 Å². The molecule has 1 aromatic heterocycles. The topological polar surface area (TPSA) is 142 Å². The molecule has 0 spiro atoms. The summed E-state index contributed by atoms with van der Waals surface area (Å²) in [5, 5.41) is 14.2. The van der Waals surface area contributed by atoms with Gasteiger partial charge in [-0.1, -0.05) is 29.7 Å². The van der Waals surface area contributed by atoms with Crippen molar-refractivity contribution in [3.05, 3.63) is 75.7 Å². The summed E-state index contributed by atoms with van der Waals surface area (Å²) in [4.78, 5) is 58.4. The number of thiazole rings is 1. The molecule has 1 saturated carbocycles. The van der Waals surface area contributed by atoms with Crippen LogP contribution in [-0.2, 0) is 16.0 Å². The average molecular weight is 645 g/mol. The van der Waals surface area contributed by atoms with Crippen LogP contribution in [0.1, 0.15) is 71.1 Å². The second-order valence-electron chi connectivity index (χ2n) is 12.2. The highest BCUT2D eigenvalue weighted by atomic mass is 32.1. The van der Waals surface area contributed by atoms with Crippen LogP contribution in [0, 0.1) is 5.92 Å². The van der Waals surface area contributed by atoms with Crippen molar-refractivity contribution in [2.24, 2.45) is 5.92 Å². The minimum Gasteiger partial charge on any atom is -0.449 e. The highest BCUT2D eigenvalue weighted by Crippen LogP contribution is 2.27. The molecule has 0 unspecified atom stereocenters. The number of aromatic nitrogens is 1. The third-order valence-corrected chi connectivity index (χ3v) is 8.89. The van der Waals surface area contributed by atoms with Crippen LogP contribution in [0.4, 0.5) is 10.5 Å². The Bertz CT molecular complexity index is 1530. The molecule has 13 heteroatoms. The maximum absolute atomic E-state index is 13.8. The summed E-state index contributed by atoms with van der Waals surface area (Å²) in [6.45, 7) is 5.42. The molecule has 3 aromatic rings. The summed E-state index contributed by atoms with van der Waals surface area (Å²) in [7, 11) is 2.00. The predicted octanol–water partition coefficient (Wildman–Crippen LogP) is 2.08. The third kappa shape index (κ3) is 9.17. The molecular weight excluding hydrogens is 603 g/mol. The number of carbonyl (C=O) groups is 4. The minimum atomic E-state index is -0.525.